The molecule has 26 heavy (non-hydrogen) atoms. The van der Waals surface area contributed by atoms with Crippen LogP contribution in [0.4, 0.5) is 6.01 Å². The molecule has 1 saturated heterocycles. The lowest BCUT2D eigenvalue weighted by Gasteiger charge is -2.33. The maximum atomic E-state index is 12.6. The minimum absolute atomic E-state index is 0.115. The maximum absolute atomic E-state index is 12.6. The second-order valence-corrected chi connectivity index (χ2v) is 7.68. The van der Waals surface area contributed by atoms with Crippen LogP contribution >= 0.6 is 0 Å². The van der Waals surface area contributed by atoms with Crippen LogP contribution in [-0.4, -0.2) is 40.1 Å². The standard InChI is InChI=1S/C20H26N4O2/c1-15(18(25)24-13-11-20(9-10-20)12-14-24)21-19-23-22-17(26-19)8-7-16-5-3-2-4-6-16/h2-6,15H,7-14H2,1H3,(H,21,23)/t15-/m0/s1. The number of rotatable bonds is 6. The molecular formula is C20H26N4O2. The largest absolute Gasteiger partial charge is 0.408 e. The molecule has 2 aliphatic rings. The summed E-state index contributed by atoms with van der Waals surface area (Å²) in [4.78, 5) is 14.6. The molecule has 6 heteroatoms. The fourth-order valence-electron chi connectivity index (χ4n) is 3.71. The van der Waals surface area contributed by atoms with Gasteiger partial charge in [-0.05, 0) is 50.0 Å². The van der Waals surface area contributed by atoms with E-state index in [1.807, 2.05) is 30.0 Å². The summed E-state index contributed by atoms with van der Waals surface area (Å²) >= 11 is 0. The van der Waals surface area contributed by atoms with Crippen LogP contribution in [0.25, 0.3) is 0 Å². The highest BCUT2D eigenvalue weighted by Gasteiger charge is 2.45. The monoisotopic (exact) mass is 354 g/mol. The first-order valence-electron chi connectivity index (χ1n) is 9.55. The average Bonchev–Trinajstić information content (AvgIpc) is 3.27. The molecule has 1 N–H and O–H groups in total. The van der Waals surface area contributed by atoms with Gasteiger partial charge in [-0.2, -0.15) is 0 Å². The third-order valence-electron chi connectivity index (χ3n) is 5.74. The number of hydrogen-bond donors (Lipinski definition) is 1. The molecular weight excluding hydrogens is 328 g/mol. The summed E-state index contributed by atoms with van der Waals surface area (Å²) in [5.74, 6) is 0.703. The molecule has 1 aliphatic carbocycles. The van der Waals surface area contributed by atoms with Gasteiger partial charge in [-0.1, -0.05) is 35.4 Å². The Balaban J connectivity index is 1.27. The molecule has 6 nitrogen and oxygen atoms in total. The normalized spacial score (nSPS) is 19.3. The number of aryl methyl sites for hydroxylation is 2. The van der Waals surface area contributed by atoms with Crippen molar-refractivity contribution in [2.75, 3.05) is 18.4 Å². The summed E-state index contributed by atoms with van der Waals surface area (Å²) in [5, 5.41) is 11.2. The van der Waals surface area contributed by atoms with Crippen molar-refractivity contribution in [2.45, 2.75) is 51.5 Å². The van der Waals surface area contributed by atoms with E-state index < -0.39 is 0 Å². The minimum Gasteiger partial charge on any atom is -0.408 e. The molecule has 1 spiro atoms. The summed E-state index contributed by atoms with van der Waals surface area (Å²) < 4.78 is 5.65. The molecule has 0 unspecified atom stereocenters. The zero-order valence-corrected chi connectivity index (χ0v) is 15.3. The first kappa shape index (κ1) is 17.1. The zero-order valence-electron chi connectivity index (χ0n) is 15.3. The highest BCUT2D eigenvalue weighted by molar-refractivity contribution is 5.83. The molecule has 0 bridgehead atoms. The van der Waals surface area contributed by atoms with Crippen LogP contribution in [0, 0.1) is 5.41 Å². The summed E-state index contributed by atoms with van der Waals surface area (Å²) in [6, 6.07) is 10.2. The molecule has 138 valence electrons. The number of carbonyl (C=O) groups excluding carboxylic acids is 1. The van der Waals surface area contributed by atoms with Gasteiger partial charge in [0, 0.05) is 19.5 Å². The Bertz CT molecular complexity index is 744. The van der Waals surface area contributed by atoms with Crippen LogP contribution < -0.4 is 5.32 Å². The summed E-state index contributed by atoms with van der Waals surface area (Å²) in [5.41, 5.74) is 1.82. The van der Waals surface area contributed by atoms with Gasteiger partial charge in [0.05, 0.1) is 0 Å². The zero-order chi connectivity index (χ0) is 18.0. The number of likely N-dealkylation sites (tertiary alicyclic amines) is 1. The highest BCUT2D eigenvalue weighted by Crippen LogP contribution is 2.53. The number of hydrogen-bond acceptors (Lipinski definition) is 5. The second-order valence-electron chi connectivity index (χ2n) is 7.68. The molecule has 1 saturated carbocycles. The lowest BCUT2D eigenvalue weighted by atomic mass is 9.93. The molecule has 1 atom stereocenters. The first-order chi connectivity index (χ1) is 12.6. The van der Waals surface area contributed by atoms with E-state index in [0.717, 1.165) is 32.4 Å². The number of piperidine rings is 1. The molecule has 1 aromatic carbocycles. The number of anilines is 1. The van der Waals surface area contributed by atoms with Crippen molar-refractivity contribution in [1.82, 2.24) is 15.1 Å². The number of nitrogens with one attached hydrogen (secondary N) is 1. The third kappa shape index (κ3) is 3.89. The molecule has 1 aromatic heterocycles. The van der Waals surface area contributed by atoms with Crippen molar-refractivity contribution in [3.8, 4) is 0 Å². The Morgan fingerprint density at radius 3 is 2.58 bits per heavy atom. The predicted octanol–water partition coefficient (Wildman–Crippen LogP) is 3.06. The van der Waals surface area contributed by atoms with Crippen LogP contribution in [0.2, 0.25) is 0 Å². The van der Waals surface area contributed by atoms with Gasteiger partial charge in [0.25, 0.3) is 0 Å². The lowest BCUT2D eigenvalue weighted by molar-refractivity contribution is -0.133. The van der Waals surface area contributed by atoms with Crippen molar-refractivity contribution < 1.29 is 9.21 Å². The van der Waals surface area contributed by atoms with Crippen LogP contribution in [0.3, 0.4) is 0 Å². The number of nitrogens with zero attached hydrogens (tertiary/aromatic N) is 3. The van der Waals surface area contributed by atoms with Gasteiger partial charge in [0.1, 0.15) is 6.04 Å². The van der Waals surface area contributed by atoms with Crippen LogP contribution in [-0.2, 0) is 17.6 Å². The van der Waals surface area contributed by atoms with E-state index in [9.17, 15) is 4.79 Å². The van der Waals surface area contributed by atoms with E-state index in [4.69, 9.17) is 4.42 Å². The molecule has 4 rings (SSSR count). The highest BCUT2D eigenvalue weighted by atomic mass is 16.4. The van der Waals surface area contributed by atoms with Gasteiger partial charge in [-0.15, -0.1) is 5.10 Å². The molecule has 2 aromatic rings. The Morgan fingerprint density at radius 1 is 1.15 bits per heavy atom. The van der Waals surface area contributed by atoms with Gasteiger partial charge in [0.15, 0.2) is 0 Å². The maximum Gasteiger partial charge on any atom is 0.316 e. The number of carbonyl (C=O) groups is 1. The van der Waals surface area contributed by atoms with Crippen molar-refractivity contribution in [3.63, 3.8) is 0 Å². The van der Waals surface area contributed by atoms with Gasteiger partial charge in [-0.3, -0.25) is 4.79 Å². The van der Waals surface area contributed by atoms with Gasteiger partial charge in [0.2, 0.25) is 11.8 Å². The van der Waals surface area contributed by atoms with E-state index in [2.05, 4.69) is 27.6 Å². The fraction of sp³-hybridized carbons (Fsp3) is 0.550. The van der Waals surface area contributed by atoms with Crippen molar-refractivity contribution in [2.24, 2.45) is 5.41 Å². The SMILES string of the molecule is C[C@H](Nc1nnc(CCc2ccccc2)o1)C(=O)N1CCC2(CC1)CC2. The Labute approximate surface area is 154 Å². The van der Waals surface area contributed by atoms with Gasteiger partial charge >= 0.3 is 6.01 Å². The molecule has 1 aliphatic heterocycles. The topological polar surface area (TPSA) is 71.3 Å². The van der Waals surface area contributed by atoms with Crippen LogP contribution in [0.15, 0.2) is 34.7 Å². The second kappa shape index (κ2) is 7.09. The molecule has 1 amide bonds. The molecule has 0 radical (unpaired) electrons. The smallest absolute Gasteiger partial charge is 0.316 e. The number of aromatic nitrogens is 2. The van der Waals surface area contributed by atoms with Crippen LogP contribution in [0.1, 0.15) is 44.1 Å². The van der Waals surface area contributed by atoms with Gasteiger partial charge in [-0.25, -0.2) is 0 Å². The lowest BCUT2D eigenvalue weighted by Crippen LogP contribution is -2.45. The van der Waals surface area contributed by atoms with Crippen molar-refractivity contribution in [3.05, 3.63) is 41.8 Å². The van der Waals surface area contributed by atoms with E-state index in [0.29, 0.717) is 23.7 Å². The predicted molar refractivity (Wildman–Crippen MR) is 98.7 cm³/mol. The van der Waals surface area contributed by atoms with Crippen LogP contribution in [0.5, 0.6) is 0 Å². The van der Waals surface area contributed by atoms with Crippen molar-refractivity contribution in [1.29, 1.82) is 0 Å². The Morgan fingerprint density at radius 2 is 1.88 bits per heavy atom. The first-order valence-corrected chi connectivity index (χ1v) is 9.55. The number of benzene rings is 1. The summed E-state index contributed by atoms with van der Waals surface area (Å²) in [6.07, 6.45) is 6.53. The molecule has 2 fully saturated rings. The Kier molecular flexibility index (Phi) is 4.66. The van der Waals surface area contributed by atoms with E-state index in [1.54, 1.807) is 0 Å². The quantitative estimate of drug-likeness (QED) is 0.863. The van der Waals surface area contributed by atoms with E-state index in [1.165, 1.54) is 18.4 Å². The minimum atomic E-state index is -0.356. The van der Waals surface area contributed by atoms with E-state index in [-0.39, 0.29) is 11.9 Å². The fourth-order valence-corrected chi connectivity index (χ4v) is 3.71. The molecule has 2 heterocycles. The summed E-state index contributed by atoms with van der Waals surface area (Å²) in [7, 11) is 0. The van der Waals surface area contributed by atoms with Gasteiger partial charge < -0.3 is 14.6 Å². The number of amides is 1. The summed E-state index contributed by atoms with van der Waals surface area (Å²) in [6.45, 7) is 3.60. The van der Waals surface area contributed by atoms with Crippen molar-refractivity contribution >= 4 is 11.9 Å². The van der Waals surface area contributed by atoms with E-state index >= 15 is 0 Å². The Hall–Kier alpha value is -2.37. The third-order valence-corrected chi connectivity index (χ3v) is 5.74. The average molecular weight is 354 g/mol.